The molecule has 0 aliphatic carbocycles. The van der Waals surface area contributed by atoms with Gasteiger partial charge >= 0.3 is 5.97 Å². The molecule has 122 valence electrons. The molecule has 0 unspecified atom stereocenters. The second kappa shape index (κ2) is 12.0. The molecule has 0 fully saturated rings. The fourth-order valence-electron chi connectivity index (χ4n) is 2.33. The van der Waals surface area contributed by atoms with Crippen molar-refractivity contribution >= 4 is 5.97 Å². The smallest absolute Gasteiger partial charge is 0.323 e. The Bertz CT molecular complexity index is 417. The predicted molar refractivity (Wildman–Crippen MR) is 91.6 cm³/mol. The largest absolute Gasteiger partial charge is 0.465 e. The van der Waals surface area contributed by atoms with Gasteiger partial charge in [-0.05, 0) is 31.2 Å². The molecule has 0 radical (unpaired) electrons. The third-order valence-electron chi connectivity index (χ3n) is 3.65. The van der Waals surface area contributed by atoms with Gasteiger partial charge in [-0.15, -0.1) is 6.58 Å². The van der Waals surface area contributed by atoms with E-state index in [9.17, 15) is 4.79 Å². The summed E-state index contributed by atoms with van der Waals surface area (Å²) in [4.78, 5) is 11.8. The van der Waals surface area contributed by atoms with Gasteiger partial charge in [-0.1, -0.05) is 62.1 Å². The van der Waals surface area contributed by atoms with Gasteiger partial charge < -0.3 is 10.5 Å². The van der Waals surface area contributed by atoms with Crippen molar-refractivity contribution in [3.05, 3.63) is 48.6 Å². The summed E-state index contributed by atoms with van der Waals surface area (Å²) in [5.74, 6) is -0.296. The highest BCUT2D eigenvalue weighted by Crippen LogP contribution is 2.08. The number of nitrogens with two attached hydrogens (primary N) is 1. The van der Waals surface area contributed by atoms with Crippen LogP contribution in [0.25, 0.3) is 0 Å². The second-order valence-electron chi connectivity index (χ2n) is 5.66. The van der Waals surface area contributed by atoms with Crippen molar-refractivity contribution < 1.29 is 9.53 Å². The minimum atomic E-state index is -0.568. The fourth-order valence-corrected chi connectivity index (χ4v) is 2.33. The Balaban J connectivity index is 2.02. The van der Waals surface area contributed by atoms with E-state index < -0.39 is 6.04 Å². The molecule has 0 bridgehead atoms. The Morgan fingerprint density at radius 3 is 2.41 bits per heavy atom. The summed E-state index contributed by atoms with van der Waals surface area (Å²) in [7, 11) is 0. The lowest BCUT2D eigenvalue weighted by molar-refractivity contribution is -0.145. The highest BCUT2D eigenvalue weighted by atomic mass is 16.5. The Morgan fingerprint density at radius 1 is 1.09 bits per heavy atom. The molecule has 0 aliphatic rings. The average molecular weight is 303 g/mol. The summed E-state index contributed by atoms with van der Waals surface area (Å²) in [6.45, 7) is 4.20. The lowest BCUT2D eigenvalue weighted by atomic mass is 10.1. The monoisotopic (exact) mass is 303 g/mol. The van der Waals surface area contributed by atoms with Crippen LogP contribution in [0.3, 0.4) is 0 Å². The number of rotatable bonds is 12. The molecule has 1 aromatic carbocycles. The maximum atomic E-state index is 11.8. The topological polar surface area (TPSA) is 52.3 Å². The second-order valence-corrected chi connectivity index (χ2v) is 5.66. The van der Waals surface area contributed by atoms with Crippen LogP contribution in [-0.2, 0) is 16.0 Å². The number of unbranched alkanes of at least 4 members (excludes halogenated alkanes) is 6. The Hall–Kier alpha value is -1.61. The van der Waals surface area contributed by atoms with Crippen LogP contribution in [0.5, 0.6) is 0 Å². The number of ether oxygens (including phenoxy) is 1. The van der Waals surface area contributed by atoms with E-state index >= 15 is 0 Å². The standard InChI is InChI=1S/C19H29NO2/c1-2-3-4-5-6-7-8-12-15-22-19(21)18(20)16-17-13-10-9-11-14-17/h2,9-11,13-14,18H,1,3-8,12,15-16,20H2/t18-/m0/s1. The molecule has 0 aromatic heterocycles. The molecule has 3 nitrogen and oxygen atoms in total. The summed E-state index contributed by atoms with van der Waals surface area (Å²) in [6.07, 6.45) is 10.6. The van der Waals surface area contributed by atoms with Gasteiger partial charge in [-0.25, -0.2) is 0 Å². The Labute approximate surface area is 134 Å². The number of allylic oxidation sites excluding steroid dienone is 1. The SMILES string of the molecule is C=CCCCCCCCCOC(=O)[C@@H](N)Cc1ccccc1. The third-order valence-corrected chi connectivity index (χ3v) is 3.65. The summed E-state index contributed by atoms with van der Waals surface area (Å²) in [5, 5.41) is 0. The van der Waals surface area contributed by atoms with Gasteiger partial charge in [0.15, 0.2) is 0 Å². The zero-order valence-corrected chi connectivity index (χ0v) is 13.5. The third kappa shape index (κ3) is 8.63. The number of hydrogen-bond donors (Lipinski definition) is 1. The predicted octanol–water partition coefficient (Wildman–Crippen LogP) is 4.02. The summed E-state index contributed by atoms with van der Waals surface area (Å²) < 4.78 is 5.24. The highest BCUT2D eigenvalue weighted by Gasteiger charge is 2.15. The summed E-state index contributed by atoms with van der Waals surface area (Å²) >= 11 is 0. The molecule has 3 heteroatoms. The van der Waals surface area contributed by atoms with Gasteiger partial charge in [-0.3, -0.25) is 4.79 Å². The van der Waals surface area contributed by atoms with E-state index in [0.717, 1.165) is 24.8 Å². The first-order valence-corrected chi connectivity index (χ1v) is 8.31. The van der Waals surface area contributed by atoms with E-state index in [0.29, 0.717) is 13.0 Å². The molecule has 2 N–H and O–H groups in total. The fraction of sp³-hybridized carbons (Fsp3) is 0.526. The van der Waals surface area contributed by atoms with Gasteiger partial charge in [0.2, 0.25) is 0 Å². The molecule has 0 saturated carbocycles. The summed E-state index contributed by atoms with van der Waals surface area (Å²) in [5.41, 5.74) is 6.94. The van der Waals surface area contributed by atoms with Crippen molar-refractivity contribution in [1.29, 1.82) is 0 Å². The highest BCUT2D eigenvalue weighted by molar-refractivity contribution is 5.75. The van der Waals surface area contributed by atoms with Crippen LogP contribution in [0.4, 0.5) is 0 Å². The normalized spacial score (nSPS) is 11.9. The number of hydrogen-bond acceptors (Lipinski definition) is 3. The van der Waals surface area contributed by atoms with Crippen molar-refractivity contribution in [2.45, 2.75) is 57.4 Å². The molecule has 0 spiro atoms. The van der Waals surface area contributed by atoms with Crippen LogP contribution in [0.2, 0.25) is 0 Å². The van der Waals surface area contributed by atoms with E-state index in [1.165, 1.54) is 25.7 Å². The zero-order valence-electron chi connectivity index (χ0n) is 13.5. The number of esters is 1. The van der Waals surface area contributed by atoms with Crippen molar-refractivity contribution in [3.63, 3.8) is 0 Å². The van der Waals surface area contributed by atoms with Crippen molar-refractivity contribution in [2.75, 3.05) is 6.61 Å². The van der Waals surface area contributed by atoms with Gasteiger partial charge in [0, 0.05) is 0 Å². The molecule has 22 heavy (non-hydrogen) atoms. The minimum absolute atomic E-state index is 0.296. The molecule has 0 saturated heterocycles. The maximum absolute atomic E-state index is 11.8. The van der Waals surface area contributed by atoms with Gasteiger partial charge in [-0.2, -0.15) is 0 Å². The molecule has 1 rings (SSSR count). The van der Waals surface area contributed by atoms with Gasteiger partial charge in [0.1, 0.15) is 6.04 Å². The Kier molecular flexibility index (Phi) is 10.0. The van der Waals surface area contributed by atoms with Crippen LogP contribution in [0, 0.1) is 0 Å². The van der Waals surface area contributed by atoms with Crippen molar-refractivity contribution in [1.82, 2.24) is 0 Å². The van der Waals surface area contributed by atoms with Crippen LogP contribution in [-0.4, -0.2) is 18.6 Å². The molecule has 1 atom stereocenters. The lowest BCUT2D eigenvalue weighted by Crippen LogP contribution is -2.34. The summed E-state index contributed by atoms with van der Waals surface area (Å²) in [6, 6.07) is 9.22. The zero-order chi connectivity index (χ0) is 16.0. The molecule has 0 amide bonds. The van der Waals surface area contributed by atoms with E-state index in [4.69, 9.17) is 10.5 Å². The first-order chi connectivity index (χ1) is 10.7. The Morgan fingerprint density at radius 2 is 1.73 bits per heavy atom. The van der Waals surface area contributed by atoms with Crippen molar-refractivity contribution in [2.24, 2.45) is 5.73 Å². The van der Waals surface area contributed by atoms with E-state index in [1.54, 1.807) is 0 Å². The molecule has 1 aromatic rings. The quantitative estimate of drug-likeness (QED) is 0.360. The number of carbonyl (C=O) groups excluding carboxylic acids is 1. The minimum Gasteiger partial charge on any atom is -0.465 e. The van der Waals surface area contributed by atoms with Gasteiger partial charge in [0.05, 0.1) is 6.61 Å². The lowest BCUT2D eigenvalue weighted by Gasteiger charge is -2.11. The van der Waals surface area contributed by atoms with E-state index in [-0.39, 0.29) is 5.97 Å². The number of benzene rings is 1. The van der Waals surface area contributed by atoms with E-state index in [1.807, 2.05) is 36.4 Å². The van der Waals surface area contributed by atoms with Gasteiger partial charge in [0.25, 0.3) is 0 Å². The maximum Gasteiger partial charge on any atom is 0.323 e. The van der Waals surface area contributed by atoms with Crippen LogP contribution in [0.1, 0.15) is 50.5 Å². The molecule has 0 aliphatic heterocycles. The first kappa shape index (κ1) is 18.4. The van der Waals surface area contributed by atoms with Crippen LogP contribution >= 0.6 is 0 Å². The van der Waals surface area contributed by atoms with Crippen LogP contribution < -0.4 is 5.73 Å². The van der Waals surface area contributed by atoms with E-state index in [2.05, 4.69) is 6.58 Å². The average Bonchev–Trinajstić information content (AvgIpc) is 2.54. The molecular weight excluding hydrogens is 274 g/mol. The first-order valence-electron chi connectivity index (χ1n) is 8.31. The number of carbonyl (C=O) groups is 1. The molecular formula is C19H29NO2. The van der Waals surface area contributed by atoms with Crippen molar-refractivity contribution in [3.8, 4) is 0 Å². The van der Waals surface area contributed by atoms with Crippen LogP contribution in [0.15, 0.2) is 43.0 Å². The molecule has 0 heterocycles.